The summed E-state index contributed by atoms with van der Waals surface area (Å²) in [5, 5.41) is 3.52. The van der Waals surface area contributed by atoms with E-state index in [9.17, 15) is 4.79 Å². The van der Waals surface area contributed by atoms with Gasteiger partial charge in [-0.25, -0.2) is 9.97 Å². The molecule has 0 spiro atoms. The summed E-state index contributed by atoms with van der Waals surface area (Å²) in [7, 11) is 1.58. The molecule has 0 radical (unpaired) electrons. The molecule has 3 rings (SSSR count). The molecule has 28 heavy (non-hydrogen) atoms. The summed E-state index contributed by atoms with van der Waals surface area (Å²) in [6.45, 7) is 1.59. The third-order valence-electron chi connectivity index (χ3n) is 4.25. The number of nitrogens with zero attached hydrogens (tertiary/aromatic N) is 2. The molecule has 2 aromatic rings. The summed E-state index contributed by atoms with van der Waals surface area (Å²) in [5.41, 5.74) is 1.02. The van der Waals surface area contributed by atoms with Gasteiger partial charge in [0.25, 0.3) is 5.91 Å². The first-order valence-corrected chi connectivity index (χ1v) is 10.5. The molecule has 1 N–H and O–H groups in total. The lowest BCUT2D eigenvalue weighted by Crippen LogP contribution is -2.24. The zero-order chi connectivity index (χ0) is 19.9. The highest BCUT2D eigenvalue weighted by Crippen LogP contribution is 2.29. The summed E-state index contributed by atoms with van der Waals surface area (Å²) in [4.78, 5) is 20.6. The van der Waals surface area contributed by atoms with Crippen LogP contribution >= 0.6 is 23.4 Å². The van der Waals surface area contributed by atoms with E-state index in [4.69, 9.17) is 25.8 Å². The maximum atomic E-state index is 12.4. The van der Waals surface area contributed by atoms with E-state index >= 15 is 0 Å². The van der Waals surface area contributed by atoms with Crippen LogP contribution in [0.5, 0.6) is 11.5 Å². The van der Waals surface area contributed by atoms with Crippen molar-refractivity contribution >= 4 is 29.3 Å². The quantitative estimate of drug-likeness (QED) is 0.515. The van der Waals surface area contributed by atoms with E-state index < -0.39 is 0 Å². The number of carbonyl (C=O) groups is 1. The van der Waals surface area contributed by atoms with Crippen molar-refractivity contribution in [3.63, 3.8) is 0 Å². The summed E-state index contributed by atoms with van der Waals surface area (Å²) in [6.07, 6.45) is 5.47. The van der Waals surface area contributed by atoms with Gasteiger partial charge in [-0.05, 0) is 36.8 Å². The number of carbonyl (C=O) groups excluding carboxylic acids is 1. The van der Waals surface area contributed by atoms with E-state index in [2.05, 4.69) is 15.3 Å². The number of methoxy groups -OCH3 is 1. The molecule has 150 valence electrons. The van der Waals surface area contributed by atoms with Gasteiger partial charge in [-0.3, -0.25) is 4.79 Å². The van der Waals surface area contributed by atoms with Crippen LogP contribution in [0.25, 0.3) is 0 Å². The van der Waals surface area contributed by atoms with E-state index in [0.29, 0.717) is 29.8 Å². The number of rotatable bonds is 8. The minimum atomic E-state index is -0.361. The molecule has 1 fully saturated rings. The van der Waals surface area contributed by atoms with Gasteiger partial charge in [0.05, 0.1) is 24.4 Å². The van der Waals surface area contributed by atoms with Crippen LogP contribution in [0.2, 0.25) is 5.02 Å². The lowest BCUT2D eigenvalue weighted by atomic mass is 10.2. The number of nitrogens with one attached hydrogen (secondary N) is 1. The van der Waals surface area contributed by atoms with Crippen molar-refractivity contribution in [1.29, 1.82) is 0 Å². The van der Waals surface area contributed by atoms with Crippen molar-refractivity contribution in [3.8, 4) is 11.5 Å². The molecule has 1 saturated heterocycles. The predicted molar refractivity (Wildman–Crippen MR) is 107 cm³/mol. The number of hydrogen-bond donors (Lipinski definition) is 1. The molecule has 1 aromatic heterocycles. The summed E-state index contributed by atoms with van der Waals surface area (Å²) >= 11 is 7.39. The zero-order valence-corrected chi connectivity index (χ0v) is 17.3. The molecule has 0 saturated carbocycles. The second kappa shape index (κ2) is 9.95. The van der Waals surface area contributed by atoms with Crippen molar-refractivity contribution in [2.24, 2.45) is 0 Å². The smallest absolute Gasteiger partial charge is 0.271 e. The van der Waals surface area contributed by atoms with Crippen molar-refractivity contribution < 1.29 is 19.0 Å². The average Bonchev–Trinajstić information content (AvgIpc) is 3.24. The number of ether oxygens (including phenoxy) is 3. The first-order valence-electron chi connectivity index (χ1n) is 8.86. The molecule has 1 aromatic carbocycles. The average molecular weight is 424 g/mol. The van der Waals surface area contributed by atoms with E-state index in [1.807, 2.05) is 24.5 Å². The van der Waals surface area contributed by atoms with Crippen LogP contribution in [0, 0.1) is 0 Å². The number of benzene rings is 1. The maximum Gasteiger partial charge on any atom is 0.271 e. The van der Waals surface area contributed by atoms with Gasteiger partial charge in [-0.1, -0.05) is 29.4 Å². The first-order chi connectivity index (χ1) is 13.6. The molecule has 9 heteroatoms. The topological polar surface area (TPSA) is 82.6 Å². The van der Waals surface area contributed by atoms with Crippen LogP contribution in [0.3, 0.4) is 0 Å². The molecular formula is C19H22ClN3O4S. The first kappa shape index (κ1) is 20.7. The van der Waals surface area contributed by atoms with Crippen molar-refractivity contribution in [2.75, 3.05) is 26.6 Å². The van der Waals surface area contributed by atoms with Crippen LogP contribution in [-0.2, 0) is 11.3 Å². The monoisotopic (exact) mass is 423 g/mol. The number of halogens is 1. The highest BCUT2D eigenvalue weighted by molar-refractivity contribution is 7.98. The highest BCUT2D eigenvalue weighted by atomic mass is 35.5. The molecule has 0 unspecified atom stereocenters. The fourth-order valence-electron chi connectivity index (χ4n) is 2.77. The fraction of sp³-hybridized carbons (Fsp3) is 0.421. The Morgan fingerprint density at radius 3 is 3.00 bits per heavy atom. The van der Waals surface area contributed by atoms with Gasteiger partial charge in [0.15, 0.2) is 22.3 Å². The fourth-order valence-corrected chi connectivity index (χ4v) is 3.29. The molecule has 1 atom stereocenters. The Morgan fingerprint density at radius 2 is 2.29 bits per heavy atom. The van der Waals surface area contributed by atoms with E-state index in [-0.39, 0.29) is 22.7 Å². The Kier molecular flexibility index (Phi) is 7.36. The van der Waals surface area contributed by atoms with Crippen LogP contribution < -0.4 is 14.8 Å². The van der Waals surface area contributed by atoms with Gasteiger partial charge in [0.1, 0.15) is 6.61 Å². The summed E-state index contributed by atoms with van der Waals surface area (Å²) in [5.74, 6) is 0.895. The van der Waals surface area contributed by atoms with Gasteiger partial charge in [0.2, 0.25) is 0 Å². The molecule has 7 nitrogen and oxygen atoms in total. The standard InChI is InChI=1S/C19H22ClN3O4S/c1-25-16-8-12(5-6-15(16)27-11-13-4-3-7-26-13)9-21-18(24)17-14(20)10-22-19(23-17)28-2/h5-6,8,10,13H,3-4,7,9,11H2,1-2H3,(H,21,24)/t13-/m1/s1. The lowest BCUT2D eigenvalue weighted by molar-refractivity contribution is 0.0669. The highest BCUT2D eigenvalue weighted by Gasteiger charge is 2.18. The molecule has 2 heterocycles. The second-order valence-electron chi connectivity index (χ2n) is 6.17. The zero-order valence-electron chi connectivity index (χ0n) is 15.7. The van der Waals surface area contributed by atoms with Gasteiger partial charge >= 0.3 is 0 Å². The Bertz CT molecular complexity index is 831. The molecule has 0 bridgehead atoms. The van der Waals surface area contributed by atoms with Gasteiger partial charge in [0, 0.05) is 13.2 Å². The van der Waals surface area contributed by atoms with Crippen molar-refractivity contribution in [2.45, 2.75) is 30.6 Å². The van der Waals surface area contributed by atoms with E-state index in [1.54, 1.807) is 7.11 Å². The van der Waals surface area contributed by atoms with E-state index in [0.717, 1.165) is 25.0 Å². The molecule has 0 aliphatic carbocycles. The Morgan fingerprint density at radius 1 is 1.43 bits per heavy atom. The molecule has 1 amide bonds. The third kappa shape index (κ3) is 5.27. The Hall–Kier alpha value is -2.03. The van der Waals surface area contributed by atoms with Crippen LogP contribution in [0.1, 0.15) is 28.9 Å². The number of amides is 1. The Balaban J connectivity index is 1.61. The largest absolute Gasteiger partial charge is 0.493 e. The van der Waals surface area contributed by atoms with Crippen LogP contribution in [0.4, 0.5) is 0 Å². The summed E-state index contributed by atoms with van der Waals surface area (Å²) < 4.78 is 16.8. The molecular weight excluding hydrogens is 402 g/mol. The Labute approximate surface area is 173 Å². The second-order valence-corrected chi connectivity index (χ2v) is 7.35. The minimum Gasteiger partial charge on any atom is -0.493 e. The van der Waals surface area contributed by atoms with Crippen LogP contribution in [0.15, 0.2) is 29.6 Å². The van der Waals surface area contributed by atoms with Crippen molar-refractivity contribution in [3.05, 3.63) is 40.7 Å². The van der Waals surface area contributed by atoms with Crippen LogP contribution in [-0.4, -0.2) is 48.6 Å². The van der Waals surface area contributed by atoms with Gasteiger partial charge in [-0.15, -0.1) is 0 Å². The van der Waals surface area contributed by atoms with Crippen molar-refractivity contribution in [1.82, 2.24) is 15.3 Å². The SMILES string of the molecule is COc1cc(CNC(=O)c2nc(SC)ncc2Cl)ccc1OC[C@H]1CCCO1. The lowest BCUT2D eigenvalue weighted by Gasteiger charge is -2.15. The van der Waals surface area contributed by atoms with Gasteiger partial charge in [-0.2, -0.15) is 0 Å². The number of thioether (sulfide) groups is 1. The third-order valence-corrected chi connectivity index (χ3v) is 5.09. The number of aromatic nitrogens is 2. The van der Waals surface area contributed by atoms with Gasteiger partial charge < -0.3 is 19.5 Å². The summed E-state index contributed by atoms with van der Waals surface area (Å²) in [6, 6.07) is 5.54. The maximum absolute atomic E-state index is 12.4. The number of hydrogen-bond acceptors (Lipinski definition) is 7. The minimum absolute atomic E-state index is 0.132. The molecule has 1 aliphatic heterocycles. The molecule has 1 aliphatic rings. The van der Waals surface area contributed by atoms with E-state index in [1.165, 1.54) is 18.0 Å². The normalized spacial score (nSPS) is 16.0. The predicted octanol–water partition coefficient (Wildman–Crippen LogP) is 3.35.